The van der Waals surface area contributed by atoms with Crippen molar-refractivity contribution in [1.82, 2.24) is 29.8 Å². The lowest BCUT2D eigenvalue weighted by atomic mass is 10.1. The van der Waals surface area contributed by atoms with Crippen molar-refractivity contribution in [2.24, 2.45) is 0 Å². The minimum Gasteiger partial charge on any atom is -0.495 e. The van der Waals surface area contributed by atoms with Crippen LogP contribution in [0.5, 0.6) is 5.75 Å². The number of anilines is 4. The number of carbonyl (C=O) groups is 1. The van der Waals surface area contributed by atoms with Gasteiger partial charge < -0.3 is 20.7 Å². The number of methoxy groups -OCH3 is 1. The number of para-hydroxylation sites is 1. The van der Waals surface area contributed by atoms with Crippen molar-refractivity contribution >= 4 is 44.8 Å². The van der Waals surface area contributed by atoms with Crippen molar-refractivity contribution in [3.05, 3.63) is 89.9 Å². The third-order valence-corrected chi connectivity index (χ3v) is 7.10. The van der Waals surface area contributed by atoms with Crippen LogP contribution in [-0.4, -0.2) is 48.2 Å². The lowest BCUT2D eigenvalue weighted by Crippen LogP contribution is -2.20. The first-order valence-corrected chi connectivity index (χ1v) is 14.0. The first kappa shape index (κ1) is 29.1. The van der Waals surface area contributed by atoms with Crippen molar-refractivity contribution in [1.29, 1.82) is 0 Å². The lowest BCUT2D eigenvalue weighted by molar-refractivity contribution is -0.137. The quantitative estimate of drug-likeness (QED) is 0.226. The molecule has 222 valence electrons. The van der Waals surface area contributed by atoms with Crippen LogP contribution in [0.2, 0.25) is 0 Å². The van der Waals surface area contributed by atoms with Gasteiger partial charge in [-0.15, -0.1) is 0 Å². The van der Waals surface area contributed by atoms with E-state index < -0.39 is 33.5 Å². The number of amides is 1. The van der Waals surface area contributed by atoms with Crippen LogP contribution >= 0.6 is 0 Å². The van der Waals surface area contributed by atoms with Gasteiger partial charge in [-0.25, -0.2) is 18.1 Å². The van der Waals surface area contributed by atoms with E-state index in [4.69, 9.17) is 4.74 Å². The van der Waals surface area contributed by atoms with E-state index in [1.165, 1.54) is 43.2 Å². The van der Waals surface area contributed by atoms with Crippen LogP contribution in [0.1, 0.15) is 15.9 Å². The Hall–Kier alpha value is -5.38. The Balaban J connectivity index is 1.43. The van der Waals surface area contributed by atoms with Gasteiger partial charge in [-0.1, -0.05) is 18.2 Å². The molecule has 3 heterocycles. The van der Waals surface area contributed by atoms with Crippen molar-refractivity contribution in [2.45, 2.75) is 6.18 Å². The second-order valence-corrected chi connectivity index (χ2v) is 10.5. The zero-order valence-corrected chi connectivity index (χ0v) is 23.3. The van der Waals surface area contributed by atoms with Crippen molar-refractivity contribution in [2.75, 3.05) is 24.8 Å². The highest BCUT2D eigenvalue weighted by Gasteiger charge is 2.35. The topological polar surface area (TPSA) is 152 Å². The van der Waals surface area contributed by atoms with E-state index in [9.17, 15) is 26.4 Å². The van der Waals surface area contributed by atoms with Gasteiger partial charge in [0, 0.05) is 31.2 Å². The number of halogens is 3. The van der Waals surface area contributed by atoms with Crippen molar-refractivity contribution in [3.63, 3.8) is 0 Å². The fraction of sp³-hybridized carbons (Fsp3) is 0.111. The van der Waals surface area contributed by atoms with Gasteiger partial charge in [0.1, 0.15) is 17.1 Å². The zero-order valence-electron chi connectivity index (χ0n) is 22.5. The fourth-order valence-electron chi connectivity index (χ4n) is 4.04. The fourth-order valence-corrected chi connectivity index (χ4v) is 4.72. The van der Waals surface area contributed by atoms with E-state index in [2.05, 4.69) is 35.7 Å². The second kappa shape index (κ2) is 11.5. The van der Waals surface area contributed by atoms with E-state index in [0.717, 1.165) is 5.41 Å². The summed E-state index contributed by atoms with van der Waals surface area (Å²) >= 11 is 0. The van der Waals surface area contributed by atoms with E-state index in [1.54, 1.807) is 42.7 Å². The summed E-state index contributed by atoms with van der Waals surface area (Å²) in [5.41, 5.74) is 1.35. The summed E-state index contributed by atoms with van der Waals surface area (Å²) in [6.07, 6.45) is 1.84. The molecule has 0 aliphatic carbocycles. The second-order valence-electron chi connectivity index (χ2n) is 8.95. The van der Waals surface area contributed by atoms with Gasteiger partial charge in [0.05, 0.1) is 41.3 Å². The standard InChI is InChI=1S/C27H23F3N8O4S/c1-31-25(39)19-5-3-4-6-21(19)35-24-20(27(28,29)30)14-32-26(37-24)36-22-8-7-16(11-23(22)42-2)17-12-33-38(15-17)18-9-10-43(40,41)34-13-18/h3-15,34H,1-2H3,(H,31,39)(H2,32,35,36,37). The molecule has 5 rings (SSSR count). The van der Waals surface area contributed by atoms with Crippen LogP contribution in [0.3, 0.4) is 0 Å². The number of benzene rings is 2. The third kappa shape index (κ3) is 6.43. The molecule has 2 aromatic carbocycles. The van der Waals surface area contributed by atoms with E-state index in [0.29, 0.717) is 34.5 Å². The average Bonchev–Trinajstić information content (AvgIpc) is 3.47. The number of hydrogen-bond acceptors (Lipinski definition) is 9. The zero-order chi connectivity index (χ0) is 30.8. The molecule has 0 saturated heterocycles. The van der Waals surface area contributed by atoms with Gasteiger partial charge in [-0.2, -0.15) is 23.3 Å². The maximum atomic E-state index is 13.8. The van der Waals surface area contributed by atoms with Gasteiger partial charge in [0.15, 0.2) is 0 Å². The summed E-state index contributed by atoms with van der Waals surface area (Å²) in [7, 11) is -0.665. The van der Waals surface area contributed by atoms with E-state index >= 15 is 0 Å². The number of hydrogen-bond donors (Lipinski definition) is 4. The monoisotopic (exact) mass is 612 g/mol. The molecule has 2 aromatic heterocycles. The number of aromatic nitrogens is 4. The third-order valence-electron chi connectivity index (χ3n) is 6.16. The highest BCUT2D eigenvalue weighted by molar-refractivity contribution is 7.92. The minimum absolute atomic E-state index is 0.122. The Morgan fingerprint density at radius 2 is 1.84 bits per heavy atom. The number of alkyl halides is 3. The van der Waals surface area contributed by atoms with Gasteiger partial charge in [0.2, 0.25) is 5.95 Å². The number of nitrogens with one attached hydrogen (secondary N) is 4. The number of carbonyl (C=O) groups excluding carboxylic acids is 1. The Kier molecular flexibility index (Phi) is 7.78. The molecule has 43 heavy (non-hydrogen) atoms. The van der Waals surface area contributed by atoms with Gasteiger partial charge >= 0.3 is 6.18 Å². The molecule has 16 heteroatoms. The normalized spacial score (nSPS) is 13.9. The molecule has 1 aliphatic heterocycles. The van der Waals surface area contributed by atoms with Gasteiger partial charge in [0.25, 0.3) is 15.9 Å². The molecule has 4 N–H and O–H groups in total. The van der Waals surface area contributed by atoms with E-state index in [-0.39, 0.29) is 17.2 Å². The average molecular weight is 613 g/mol. The molecule has 12 nitrogen and oxygen atoms in total. The molecule has 4 aromatic rings. The van der Waals surface area contributed by atoms with Crippen LogP contribution in [0.15, 0.2) is 78.7 Å². The SMILES string of the molecule is CNC(=O)c1ccccc1Nc1nc(Nc2ccc(-c3cnn(C4=CNS(=O)(=O)C=C4)c3)cc2OC)ncc1C(F)(F)F. The molecule has 0 spiro atoms. The highest BCUT2D eigenvalue weighted by Crippen LogP contribution is 2.37. The molecular weight excluding hydrogens is 589 g/mol. The first-order chi connectivity index (χ1) is 20.5. The van der Waals surface area contributed by atoms with Crippen molar-refractivity contribution in [3.8, 4) is 16.9 Å². The number of nitrogens with zero attached hydrogens (tertiary/aromatic N) is 4. The Morgan fingerprint density at radius 3 is 2.53 bits per heavy atom. The lowest BCUT2D eigenvalue weighted by Gasteiger charge is -2.17. The van der Waals surface area contributed by atoms with Crippen LogP contribution in [-0.2, 0) is 16.2 Å². The van der Waals surface area contributed by atoms with Crippen LogP contribution < -0.4 is 25.4 Å². The molecule has 1 aliphatic rings. The Labute approximate surface area is 243 Å². The Bertz CT molecular complexity index is 1870. The number of sulfonamides is 1. The van der Waals surface area contributed by atoms with Gasteiger partial charge in [-0.05, 0) is 35.9 Å². The summed E-state index contributed by atoms with van der Waals surface area (Å²) in [6, 6.07) is 11.1. The van der Waals surface area contributed by atoms with Crippen LogP contribution in [0.25, 0.3) is 16.8 Å². The Morgan fingerprint density at radius 1 is 1.05 bits per heavy atom. The largest absolute Gasteiger partial charge is 0.495 e. The van der Waals surface area contributed by atoms with Gasteiger partial charge in [-0.3, -0.25) is 9.52 Å². The maximum absolute atomic E-state index is 13.8. The molecule has 0 saturated carbocycles. The smallest absolute Gasteiger partial charge is 0.421 e. The first-order valence-electron chi connectivity index (χ1n) is 12.4. The van der Waals surface area contributed by atoms with Crippen LogP contribution in [0.4, 0.5) is 36.3 Å². The maximum Gasteiger partial charge on any atom is 0.421 e. The molecule has 0 unspecified atom stereocenters. The summed E-state index contributed by atoms with van der Waals surface area (Å²) < 4.78 is 73.8. The summed E-state index contributed by atoms with van der Waals surface area (Å²) in [5, 5.41) is 13.2. The molecular formula is C27H23F3N8O4S. The number of ether oxygens (including phenoxy) is 1. The summed E-state index contributed by atoms with van der Waals surface area (Å²) in [5.74, 6) is -0.878. The molecule has 0 bridgehead atoms. The van der Waals surface area contributed by atoms with Crippen molar-refractivity contribution < 1.29 is 31.1 Å². The number of rotatable bonds is 8. The summed E-state index contributed by atoms with van der Waals surface area (Å²) in [4.78, 5) is 20.2. The van der Waals surface area contributed by atoms with E-state index in [1.807, 2.05) is 0 Å². The predicted molar refractivity (Wildman–Crippen MR) is 153 cm³/mol. The number of allylic oxidation sites excluding steroid dienone is 2. The molecule has 0 fully saturated rings. The predicted octanol–water partition coefficient (Wildman–Crippen LogP) is 4.46. The molecule has 0 radical (unpaired) electrons. The highest BCUT2D eigenvalue weighted by atomic mass is 32.2. The minimum atomic E-state index is -4.78. The van der Waals surface area contributed by atoms with Crippen LogP contribution in [0, 0.1) is 0 Å². The molecule has 0 atom stereocenters. The summed E-state index contributed by atoms with van der Waals surface area (Å²) in [6.45, 7) is 0. The molecule has 1 amide bonds.